The molecule has 1 aliphatic rings. The topological polar surface area (TPSA) is 32.3 Å². The molecule has 1 aromatic carbocycles. The van der Waals surface area contributed by atoms with E-state index in [1.165, 1.54) is 17.0 Å². The Morgan fingerprint density at radius 2 is 2.10 bits per heavy atom. The molecule has 0 bridgehead atoms. The molecule has 0 saturated carbocycles. The van der Waals surface area contributed by atoms with E-state index in [2.05, 4.69) is 21.2 Å². The predicted molar refractivity (Wildman–Crippen MR) is 79.8 cm³/mol. The van der Waals surface area contributed by atoms with Gasteiger partial charge in [-0.3, -0.25) is 4.79 Å². The van der Waals surface area contributed by atoms with Crippen LogP contribution in [0.25, 0.3) is 0 Å². The van der Waals surface area contributed by atoms with Crippen LogP contribution >= 0.6 is 28.3 Å². The molecule has 1 aliphatic heterocycles. The fourth-order valence-electron chi connectivity index (χ4n) is 2.26. The average Bonchev–Trinajstić information content (AvgIpc) is 2.89. The van der Waals surface area contributed by atoms with Gasteiger partial charge in [-0.15, -0.1) is 12.4 Å². The molecule has 1 saturated heterocycles. The van der Waals surface area contributed by atoms with Crippen molar-refractivity contribution in [2.75, 3.05) is 20.1 Å². The Kier molecular flexibility index (Phi) is 6.07. The first-order valence-corrected chi connectivity index (χ1v) is 6.94. The second-order valence-electron chi connectivity index (χ2n) is 4.75. The van der Waals surface area contributed by atoms with E-state index in [1.807, 2.05) is 0 Å². The number of benzene rings is 1. The molecule has 1 atom stereocenters. The lowest BCUT2D eigenvalue weighted by Crippen LogP contribution is -2.39. The highest BCUT2D eigenvalue weighted by atomic mass is 79.9. The van der Waals surface area contributed by atoms with Crippen LogP contribution in [0.5, 0.6) is 0 Å². The normalized spacial score (nSPS) is 18.2. The van der Waals surface area contributed by atoms with Gasteiger partial charge in [-0.05, 0) is 31.2 Å². The Labute approximate surface area is 135 Å². The fourth-order valence-corrected chi connectivity index (χ4v) is 2.62. The van der Waals surface area contributed by atoms with Crippen molar-refractivity contribution in [1.82, 2.24) is 10.2 Å². The highest BCUT2D eigenvalue weighted by molar-refractivity contribution is 9.10. The lowest BCUT2D eigenvalue weighted by atomic mass is 10.0. The average molecular weight is 388 g/mol. The second kappa shape index (κ2) is 6.98. The molecule has 1 unspecified atom stereocenters. The lowest BCUT2D eigenvalue weighted by Gasteiger charge is -2.25. The maximum absolute atomic E-state index is 13.0. The van der Waals surface area contributed by atoms with Crippen molar-refractivity contribution in [3.8, 4) is 0 Å². The van der Waals surface area contributed by atoms with Gasteiger partial charge >= 0.3 is 6.18 Å². The third-order valence-corrected chi connectivity index (χ3v) is 3.91. The van der Waals surface area contributed by atoms with Gasteiger partial charge in [0.25, 0.3) is 5.91 Å². The molecule has 1 aromatic rings. The number of carbonyl (C=O) groups excluding carboxylic acids is 1. The molecule has 0 aromatic heterocycles. The summed E-state index contributed by atoms with van der Waals surface area (Å²) < 4.78 is 39.4. The third kappa shape index (κ3) is 4.11. The van der Waals surface area contributed by atoms with Crippen molar-refractivity contribution in [3.05, 3.63) is 33.8 Å². The zero-order valence-corrected chi connectivity index (χ0v) is 13.6. The lowest BCUT2D eigenvalue weighted by molar-refractivity contribution is -0.138. The van der Waals surface area contributed by atoms with Crippen LogP contribution in [0.4, 0.5) is 13.2 Å². The van der Waals surface area contributed by atoms with Gasteiger partial charge in [0, 0.05) is 24.1 Å². The van der Waals surface area contributed by atoms with Crippen LogP contribution in [-0.4, -0.2) is 37.0 Å². The Hall–Kier alpha value is -0.790. The van der Waals surface area contributed by atoms with Crippen molar-refractivity contribution in [3.63, 3.8) is 0 Å². The van der Waals surface area contributed by atoms with E-state index in [4.69, 9.17) is 0 Å². The molecular formula is C13H15BrClF3N2O. The molecule has 2 rings (SSSR count). The maximum atomic E-state index is 13.0. The van der Waals surface area contributed by atoms with Crippen LogP contribution in [-0.2, 0) is 6.18 Å². The van der Waals surface area contributed by atoms with E-state index in [0.717, 1.165) is 19.0 Å². The van der Waals surface area contributed by atoms with E-state index < -0.39 is 17.6 Å². The number of alkyl halides is 3. The number of likely N-dealkylation sites (N-methyl/N-ethyl adjacent to an activating group) is 1. The minimum absolute atomic E-state index is 0. The summed E-state index contributed by atoms with van der Waals surface area (Å²) in [6, 6.07) is 3.54. The van der Waals surface area contributed by atoms with Gasteiger partial charge in [-0.1, -0.05) is 15.9 Å². The minimum atomic E-state index is -4.55. The van der Waals surface area contributed by atoms with Crippen LogP contribution in [0.2, 0.25) is 0 Å². The molecule has 21 heavy (non-hydrogen) atoms. The van der Waals surface area contributed by atoms with Crippen molar-refractivity contribution < 1.29 is 18.0 Å². The molecule has 118 valence electrons. The summed E-state index contributed by atoms with van der Waals surface area (Å²) in [5.74, 6) is -0.599. The van der Waals surface area contributed by atoms with Crippen LogP contribution in [0, 0.1) is 0 Å². The maximum Gasteiger partial charge on any atom is 0.417 e. The Balaban J connectivity index is 0.00000220. The van der Waals surface area contributed by atoms with E-state index in [-0.39, 0.29) is 24.0 Å². The molecule has 0 aliphatic carbocycles. The smallest absolute Gasteiger partial charge is 0.337 e. The predicted octanol–water partition coefficient (Wildman–Crippen LogP) is 3.32. The van der Waals surface area contributed by atoms with Crippen molar-refractivity contribution in [2.24, 2.45) is 0 Å². The molecule has 1 amide bonds. The summed E-state index contributed by atoms with van der Waals surface area (Å²) in [6.45, 7) is 1.38. The third-order valence-electron chi connectivity index (χ3n) is 3.42. The first-order valence-electron chi connectivity index (χ1n) is 6.15. The number of rotatable bonds is 2. The zero-order valence-electron chi connectivity index (χ0n) is 11.2. The number of hydrogen-bond donors (Lipinski definition) is 1. The Morgan fingerprint density at radius 1 is 1.43 bits per heavy atom. The summed E-state index contributed by atoms with van der Waals surface area (Å²) in [4.78, 5) is 13.7. The van der Waals surface area contributed by atoms with Gasteiger partial charge in [0.05, 0.1) is 11.1 Å². The molecule has 0 spiro atoms. The van der Waals surface area contributed by atoms with E-state index >= 15 is 0 Å². The van der Waals surface area contributed by atoms with Crippen LogP contribution in [0.3, 0.4) is 0 Å². The first-order chi connectivity index (χ1) is 9.30. The van der Waals surface area contributed by atoms with Crippen LogP contribution in [0.1, 0.15) is 22.3 Å². The standard InChI is InChI=1S/C13H14BrF3N2O.ClH/c1-19(9-4-5-18-7-9)12(20)10-3-2-8(14)6-11(10)13(15,16)17;/h2-3,6,9,18H,4-5,7H2,1H3;1H. The van der Waals surface area contributed by atoms with Gasteiger partial charge in [-0.25, -0.2) is 0 Å². The first kappa shape index (κ1) is 18.3. The monoisotopic (exact) mass is 386 g/mol. The SMILES string of the molecule is CN(C(=O)c1ccc(Br)cc1C(F)(F)F)C1CCNC1.Cl. The zero-order chi connectivity index (χ0) is 14.9. The highest BCUT2D eigenvalue weighted by Gasteiger charge is 2.37. The minimum Gasteiger partial charge on any atom is -0.337 e. The summed E-state index contributed by atoms with van der Waals surface area (Å²) >= 11 is 3.01. The molecule has 1 fully saturated rings. The van der Waals surface area contributed by atoms with Crippen molar-refractivity contribution in [1.29, 1.82) is 0 Å². The second-order valence-corrected chi connectivity index (χ2v) is 5.67. The summed E-state index contributed by atoms with van der Waals surface area (Å²) in [5.41, 5.74) is -1.22. The number of nitrogens with zero attached hydrogens (tertiary/aromatic N) is 1. The number of amides is 1. The van der Waals surface area contributed by atoms with E-state index in [9.17, 15) is 18.0 Å². The quantitative estimate of drug-likeness (QED) is 0.844. The molecule has 0 radical (unpaired) electrons. The number of nitrogens with one attached hydrogen (secondary N) is 1. The van der Waals surface area contributed by atoms with Crippen LogP contribution in [0.15, 0.2) is 22.7 Å². The number of hydrogen-bond acceptors (Lipinski definition) is 2. The Morgan fingerprint density at radius 3 is 2.62 bits per heavy atom. The molecular weight excluding hydrogens is 373 g/mol. The molecule has 8 heteroatoms. The largest absolute Gasteiger partial charge is 0.417 e. The van der Waals surface area contributed by atoms with Crippen molar-refractivity contribution in [2.45, 2.75) is 18.6 Å². The van der Waals surface area contributed by atoms with Gasteiger partial charge in [-0.2, -0.15) is 13.2 Å². The molecule has 3 nitrogen and oxygen atoms in total. The van der Waals surface area contributed by atoms with Gasteiger partial charge in [0.15, 0.2) is 0 Å². The summed E-state index contributed by atoms with van der Waals surface area (Å²) in [7, 11) is 1.54. The van der Waals surface area contributed by atoms with Gasteiger partial charge < -0.3 is 10.2 Å². The molecule has 1 heterocycles. The Bertz CT molecular complexity index is 519. The van der Waals surface area contributed by atoms with Gasteiger partial charge in [0.1, 0.15) is 0 Å². The summed E-state index contributed by atoms with van der Waals surface area (Å²) in [5, 5.41) is 3.09. The van der Waals surface area contributed by atoms with Crippen LogP contribution < -0.4 is 5.32 Å². The number of carbonyl (C=O) groups is 1. The van der Waals surface area contributed by atoms with Gasteiger partial charge in [0.2, 0.25) is 0 Å². The van der Waals surface area contributed by atoms with E-state index in [0.29, 0.717) is 11.0 Å². The summed E-state index contributed by atoms with van der Waals surface area (Å²) in [6.07, 6.45) is -3.80. The molecule has 1 N–H and O–H groups in total. The highest BCUT2D eigenvalue weighted by Crippen LogP contribution is 2.34. The van der Waals surface area contributed by atoms with E-state index in [1.54, 1.807) is 7.05 Å². The number of halogens is 5. The van der Waals surface area contributed by atoms with Crippen molar-refractivity contribution >= 4 is 34.2 Å². The fraction of sp³-hybridized carbons (Fsp3) is 0.462.